The smallest absolute Gasteiger partial charge is 0.411 e. The Hall–Kier alpha value is -2.60. The number of halogens is 3. The van der Waals surface area contributed by atoms with Crippen LogP contribution in [0.2, 0.25) is 6.82 Å². The zero-order valence-corrected chi connectivity index (χ0v) is 34.7. The lowest BCUT2D eigenvalue weighted by Gasteiger charge is -2.29. The van der Waals surface area contributed by atoms with Crippen LogP contribution < -0.4 is 0 Å². The summed E-state index contributed by atoms with van der Waals surface area (Å²) in [5, 5.41) is 9.61. The summed E-state index contributed by atoms with van der Waals surface area (Å²) in [5.41, 5.74) is 3.17. The maximum atomic E-state index is 12.4. The molecule has 0 unspecified atom stereocenters. The normalized spacial score (nSPS) is 20.2. The number of carbonyl (C=O) groups is 4. The first kappa shape index (κ1) is 41.2. The second kappa shape index (κ2) is 18.9. The molecule has 0 aromatic heterocycles. The second-order valence-electron chi connectivity index (χ2n) is 14.8. The van der Waals surface area contributed by atoms with Crippen molar-refractivity contribution in [3.05, 3.63) is 103 Å². The standard InChI is InChI=1S/C16H20BrNO2.C12H15BBrNO2.C12H13BrO/c1-16(2,3)15(20)18-13(8-9-14(18)19)10-11-4-6-12(17)7-5-11;1-13(17)15-11(6-7-12(15)16)8-9-2-4-10(14)5-3-9;13-11-4-1-9(2-5-11)7-10-3-6-12(14)8-10/h4-7,13H,8-10H2,1-3H3;2-5,11,17H,6-8H2,1H3;1-2,4-5,10H,3,6-8H2/t13-;11-;10-/m000/s1. The molecule has 11 heteroatoms. The van der Waals surface area contributed by atoms with E-state index in [0.717, 1.165) is 70.3 Å². The monoisotopic (exact) mass is 884 g/mol. The summed E-state index contributed by atoms with van der Waals surface area (Å²) in [6.45, 7) is 7.23. The van der Waals surface area contributed by atoms with E-state index < -0.39 is 12.5 Å². The van der Waals surface area contributed by atoms with Gasteiger partial charge in [-0.25, -0.2) is 0 Å². The predicted molar refractivity (Wildman–Crippen MR) is 214 cm³/mol. The highest BCUT2D eigenvalue weighted by Crippen LogP contribution is 2.29. The Kier molecular flexibility index (Phi) is 15.3. The largest absolute Gasteiger partial charge is 0.432 e. The first-order valence-electron chi connectivity index (χ1n) is 17.7. The number of hydrogen-bond acceptors (Lipinski definition) is 5. The Labute approximate surface area is 328 Å². The quantitative estimate of drug-likeness (QED) is 0.239. The zero-order chi connectivity index (χ0) is 37.3. The summed E-state index contributed by atoms with van der Waals surface area (Å²) < 4.78 is 3.20. The van der Waals surface area contributed by atoms with Crippen molar-refractivity contribution in [2.75, 3.05) is 0 Å². The molecule has 2 saturated heterocycles. The van der Waals surface area contributed by atoms with E-state index in [0.29, 0.717) is 24.5 Å². The molecule has 1 N–H and O–H groups in total. The molecule has 3 aliphatic rings. The molecule has 6 rings (SSSR count). The topological polar surface area (TPSA) is 95.0 Å². The van der Waals surface area contributed by atoms with Gasteiger partial charge in [0.15, 0.2) is 0 Å². The van der Waals surface area contributed by atoms with Crippen LogP contribution in [0, 0.1) is 11.3 Å². The van der Waals surface area contributed by atoms with Crippen LogP contribution >= 0.6 is 47.8 Å². The maximum absolute atomic E-state index is 12.4. The number of Topliss-reactive ketones (excluding diaryl/α,β-unsaturated/α-hetero) is 1. The van der Waals surface area contributed by atoms with Crippen molar-refractivity contribution < 1.29 is 24.2 Å². The van der Waals surface area contributed by atoms with E-state index in [4.69, 9.17) is 0 Å². The summed E-state index contributed by atoms with van der Waals surface area (Å²) in [5.74, 6) is 0.979. The lowest BCUT2D eigenvalue weighted by Crippen LogP contribution is -2.45. The van der Waals surface area contributed by atoms with E-state index in [2.05, 4.69) is 72.1 Å². The molecule has 2 aliphatic heterocycles. The fraction of sp³-hybridized carbons (Fsp3) is 0.450. The second-order valence-corrected chi connectivity index (χ2v) is 17.5. The Balaban J connectivity index is 0.000000174. The maximum Gasteiger partial charge on any atom is 0.411 e. The van der Waals surface area contributed by atoms with Crippen LogP contribution in [-0.2, 0) is 38.4 Å². The third kappa shape index (κ3) is 12.5. The number of benzene rings is 3. The number of carbonyl (C=O) groups excluding carboxylic acids is 4. The average molecular weight is 887 g/mol. The third-order valence-electron chi connectivity index (χ3n) is 9.52. The van der Waals surface area contributed by atoms with Gasteiger partial charge >= 0.3 is 7.05 Å². The fourth-order valence-electron chi connectivity index (χ4n) is 6.86. The van der Waals surface area contributed by atoms with Gasteiger partial charge < -0.3 is 9.83 Å². The van der Waals surface area contributed by atoms with Crippen molar-refractivity contribution in [2.24, 2.45) is 11.3 Å². The van der Waals surface area contributed by atoms with Crippen LogP contribution in [0.25, 0.3) is 0 Å². The first-order chi connectivity index (χ1) is 24.1. The SMILES string of the molecule is CB(O)N1C(=O)CC[C@H]1Cc1ccc(Br)cc1.CC(C)(C)C(=O)N1C(=O)CC[C@H]1Cc1ccc(Br)cc1.O=C1CC[C@@H](Cc2ccc(Br)cc2)C1. The average Bonchev–Trinajstić information content (AvgIpc) is 3.77. The van der Waals surface area contributed by atoms with Gasteiger partial charge in [-0.2, -0.15) is 0 Å². The van der Waals surface area contributed by atoms with Crippen LogP contribution in [0.4, 0.5) is 0 Å². The molecule has 3 atom stereocenters. The molecule has 0 bridgehead atoms. The van der Waals surface area contributed by atoms with E-state index in [-0.39, 0.29) is 29.8 Å². The lowest BCUT2D eigenvalue weighted by atomic mass is 9.83. The zero-order valence-electron chi connectivity index (χ0n) is 29.9. The number of hydrogen-bond donors (Lipinski definition) is 1. The Morgan fingerprint density at radius 3 is 1.55 bits per heavy atom. The number of likely N-dealkylation sites (tertiary alicyclic amines) is 1. The van der Waals surface area contributed by atoms with Crippen molar-refractivity contribution in [2.45, 2.75) is 104 Å². The van der Waals surface area contributed by atoms with Crippen molar-refractivity contribution >= 4 is 78.3 Å². The van der Waals surface area contributed by atoms with Crippen molar-refractivity contribution in [3.63, 3.8) is 0 Å². The summed E-state index contributed by atoms with van der Waals surface area (Å²) >= 11 is 10.2. The van der Waals surface area contributed by atoms with Crippen LogP contribution in [0.15, 0.2) is 86.2 Å². The molecule has 0 radical (unpaired) electrons. The van der Waals surface area contributed by atoms with E-state index in [9.17, 15) is 24.2 Å². The molecule has 3 amide bonds. The van der Waals surface area contributed by atoms with Gasteiger partial charge in [0.05, 0.1) is 0 Å². The third-order valence-corrected chi connectivity index (χ3v) is 11.1. The first-order valence-corrected chi connectivity index (χ1v) is 20.1. The molecule has 3 aromatic rings. The van der Waals surface area contributed by atoms with Gasteiger partial charge in [0.1, 0.15) is 5.78 Å². The van der Waals surface area contributed by atoms with Gasteiger partial charge in [-0.05, 0) is 104 Å². The van der Waals surface area contributed by atoms with Crippen LogP contribution in [0.3, 0.4) is 0 Å². The highest BCUT2D eigenvalue weighted by atomic mass is 79.9. The Morgan fingerprint density at radius 1 is 0.686 bits per heavy atom. The molecular weight excluding hydrogens is 839 g/mol. The molecule has 0 spiro atoms. The molecule has 1 aliphatic carbocycles. The lowest BCUT2D eigenvalue weighted by molar-refractivity contribution is -0.149. The summed E-state index contributed by atoms with van der Waals surface area (Å²) in [6.07, 6.45) is 7.88. The highest BCUT2D eigenvalue weighted by Gasteiger charge is 2.40. The molecule has 2 heterocycles. The minimum absolute atomic E-state index is 0.00426. The minimum Gasteiger partial charge on any atom is -0.432 e. The van der Waals surface area contributed by atoms with Crippen molar-refractivity contribution in [1.82, 2.24) is 9.71 Å². The Morgan fingerprint density at radius 2 is 1.12 bits per heavy atom. The molecule has 7 nitrogen and oxygen atoms in total. The number of nitrogens with zero attached hydrogens (tertiary/aromatic N) is 2. The highest BCUT2D eigenvalue weighted by molar-refractivity contribution is 9.11. The van der Waals surface area contributed by atoms with E-state index in [1.807, 2.05) is 69.3 Å². The fourth-order valence-corrected chi connectivity index (χ4v) is 7.65. The summed E-state index contributed by atoms with van der Waals surface area (Å²) in [6, 6.07) is 24.7. The number of rotatable bonds is 7. The van der Waals surface area contributed by atoms with Gasteiger partial charge in [-0.15, -0.1) is 0 Å². The van der Waals surface area contributed by atoms with Crippen molar-refractivity contribution in [3.8, 4) is 0 Å². The molecular formula is C40H48BBr3N2O5. The van der Waals surface area contributed by atoms with Gasteiger partial charge in [-0.1, -0.05) is 105 Å². The number of imide groups is 1. The molecule has 51 heavy (non-hydrogen) atoms. The van der Waals surface area contributed by atoms with Crippen molar-refractivity contribution in [1.29, 1.82) is 0 Å². The summed E-state index contributed by atoms with van der Waals surface area (Å²) in [4.78, 5) is 50.3. The van der Waals surface area contributed by atoms with E-state index in [1.165, 1.54) is 16.0 Å². The van der Waals surface area contributed by atoms with Crippen LogP contribution in [0.1, 0.15) is 82.4 Å². The predicted octanol–water partition coefficient (Wildman–Crippen LogP) is 9.01. The summed E-state index contributed by atoms with van der Waals surface area (Å²) in [7, 11) is -0.689. The minimum atomic E-state index is -0.689. The van der Waals surface area contributed by atoms with E-state index >= 15 is 0 Å². The number of amides is 3. The Bertz CT molecular complexity index is 1640. The number of ketones is 1. The van der Waals surface area contributed by atoms with Crippen LogP contribution in [-0.4, -0.2) is 57.4 Å². The van der Waals surface area contributed by atoms with Gasteiger partial charge in [0.25, 0.3) is 0 Å². The van der Waals surface area contributed by atoms with Crippen LogP contribution in [0.5, 0.6) is 0 Å². The van der Waals surface area contributed by atoms with E-state index in [1.54, 1.807) is 11.6 Å². The molecule has 3 fully saturated rings. The van der Waals surface area contributed by atoms with Gasteiger partial charge in [0, 0.05) is 56.6 Å². The molecule has 1 saturated carbocycles. The van der Waals surface area contributed by atoms with Gasteiger partial charge in [-0.3, -0.25) is 24.1 Å². The molecule has 3 aromatic carbocycles. The molecule has 272 valence electrons. The van der Waals surface area contributed by atoms with Gasteiger partial charge in [0.2, 0.25) is 17.7 Å².